The summed E-state index contributed by atoms with van der Waals surface area (Å²) >= 11 is 0. The maximum Gasteiger partial charge on any atom is 0.255 e. The Labute approximate surface area is 125 Å². The zero-order valence-electron chi connectivity index (χ0n) is 12.5. The first kappa shape index (κ1) is 13.3. The number of hydrogen-bond donors (Lipinski definition) is 1. The van der Waals surface area contributed by atoms with Gasteiger partial charge in [-0.05, 0) is 49.7 Å². The minimum Gasteiger partial charge on any atom is -0.338 e. The van der Waals surface area contributed by atoms with E-state index in [1.165, 1.54) is 25.7 Å². The van der Waals surface area contributed by atoms with Crippen LogP contribution in [-0.4, -0.2) is 28.9 Å². The van der Waals surface area contributed by atoms with Gasteiger partial charge in [-0.3, -0.25) is 9.78 Å². The molecule has 0 atom stereocenters. The summed E-state index contributed by atoms with van der Waals surface area (Å²) in [6.45, 7) is 2.32. The molecule has 4 rings (SSSR count). The summed E-state index contributed by atoms with van der Waals surface area (Å²) in [7, 11) is 0. The van der Waals surface area contributed by atoms with Crippen molar-refractivity contribution in [2.24, 2.45) is 11.1 Å². The van der Waals surface area contributed by atoms with Crippen molar-refractivity contribution in [3.8, 4) is 0 Å². The topological polar surface area (TPSA) is 59.2 Å². The SMILES string of the molecule is NCc1ccc(C(=O)N2CCC3(CCC3)C2)c(C2CC2)n1. The molecule has 2 heterocycles. The second-order valence-electron chi connectivity index (χ2n) is 7.04. The highest BCUT2D eigenvalue weighted by atomic mass is 16.2. The van der Waals surface area contributed by atoms with Gasteiger partial charge in [-0.25, -0.2) is 0 Å². The van der Waals surface area contributed by atoms with Crippen molar-refractivity contribution in [2.75, 3.05) is 13.1 Å². The van der Waals surface area contributed by atoms with Crippen LogP contribution in [0.15, 0.2) is 12.1 Å². The Morgan fingerprint density at radius 1 is 1.33 bits per heavy atom. The van der Waals surface area contributed by atoms with E-state index in [1.54, 1.807) is 0 Å². The Hall–Kier alpha value is -1.42. The van der Waals surface area contributed by atoms with Crippen molar-refractivity contribution >= 4 is 5.91 Å². The van der Waals surface area contributed by atoms with Crippen LogP contribution in [0, 0.1) is 5.41 Å². The molecule has 1 aliphatic heterocycles. The van der Waals surface area contributed by atoms with Gasteiger partial charge >= 0.3 is 0 Å². The molecule has 1 saturated heterocycles. The lowest BCUT2D eigenvalue weighted by Crippen LogP contribution is -2.36. The van der Waals surface area contributed by atoms with Crippen LogP contribution >= 0.6 is 0 Å². The molecule has 112 valence electrons. The van der Waals surface area contributed by atoms with Gasteiger partial charge < -0.3 is 10.6 Å². The van der Waals surface area contributed by atoms with E-state index in [4.69, 9.17) is 5.73 Å². The lowest BCUT2D eigenvalue weighted by Gasteiger charge is -2.38. The van der Waals surface area contributed by atoms with Gasteiger partial charge in [0, 0.05) is 25.6 Å². The lowest BCUT2D eigenvalue weighted by molar-refractivity contribution is 0.0730. The fourth-order valence-electron chi connectivity index (χ4n) is 3.84. The van der Waals surface area contributed by atoms with Crippen LogP contribution < -0.4 is 5.73 Å². The monoisotopic (exact) mass is 285 g/mol. The highest BCUT2D eigenvalue weighted by Crippen LogP contribution is 2.48. The molecule has 21 heavy (non-hydrogen) atoms. The Bertz CT molecular complexity index is 575. The Kier molecular flexibility index (Phi) is 3.03. The molecule has 4 heteroatoms. The first-order valence-corrected chi connectivity index (χ1v) is 8.20. The number of carbonyl (C=O) groups is 1. The normalized spacial score (nSPS) is 23.4. The second-order valence-corrected chi connectivity index (χ2v) is 7.04. The van der Waals surface area contributed by atoms with Crippen LogP contribution in [0.4, 0.5) is 0 Å². The number of pyridine rings is 1. The first-order chi connectivity index (χ1) is 10.2. The Balaban J connectivity index is 1.59. The molecular formula is C17H23N3O. The maximum absolute atomic E-state index is 12.9. The second kappa shape index (κ2) is 4.80. The number of aromatic nitrogens is 1. The average Bonchev–Trinajstić information content (AvgIpc) is 3.22. The molecule has 4 nitrogen and oxygen atoms in total. The van der Waals surface area contributed by atoms with Gasteiger partial charge in [0.15, 0.2) is 0 Å². The van der Waals surface area contributed by atoms with Gasteiger partial charge in [-0.1, -0.05) is 6.42 Å². The third kappa shape index (κ3) is 2.26. The van der Waals surface area contributed by atoms with E-state index < -0.39 is 0 Å². The minimum atomic E-state index is 0.191. The zero-order valence-corrected chi connectivity index (χ0v) is 12.5. The standard InChI is InChI=1S/C17H23N3O/c18-10-13-4-5-14(15(19-13)12-2-3-12)16(21)20-9-8-17(11-20)6-1-7-17/h4-5,12H,1-3,6-11,18H2. The van der Waals surface area contributed by atoms with Gasteiger partial charge in [0.05, 0.1) is 17.0 Å². The summed E-state index contributed by atoms with van der Waals surface area (Å²) in [6.07, 6.45) is 7.44. The van der Waals surface area contributed by atoms with Crippen LogP contribution in [0.5, 0.6) is 0 Å². The number of nitrogens with zero attached hydrogens (tertiary/aromatic N) is 2. The van der Waals surface area contributed by atoms with Crippen molar-refractivity contribution in [2.45, 2.75) is 51.0 Å². The summed E-state index contributed by atoms with van der Waals surface area (Å²) < 4.78 is 0. The zero-order chi connectivity index (χ0) is 14.4. The fraction of sp³-hybridized carbons (Fsp3) is 0.647. The number of amides is 1. The van der Waals surface area contributed by atoms with Gasteiger partial charge in [-0.2, -0.15) is 0 Å². The summed E-state index contributed by atoms with van der Waals surface area (Å²) in [5.74, 6) is 0.674. The maximum atomic E-state index is 12.9. The summed E-state index contributed by atoms with van der Waals surface area (Å²) in [5, 5.41) is 0. The van der Waals surface area contributed by atoms with Crippen LogP contribution in [0.2, 0.25) is 0 Å². The van der Waals surface area contributed by atoms with Crippen molar-refractivity contribution in [1.82, 2.24) is 9.88 Å². The van der Waals surface area contributed by atoms with Crippen molar-refractivity contribution in [1.29, 1.82) is 0 Å². The third-order valence-electron chi connectivity index (χ3n) is 5.53. The Morgan fingerprint density at radius 2 is 2.14 bits per heavy atom. The quantitative estimate of drug-likeness (QED) is 0.928. The molecule has 1 amide bonds. The molecule has 1 aromatic rings. The van der Waals surface area contributed by atoms with Crippen LogP contribution in [0.3, 0.4) is 0 Å². The molecule has 0 bridgehead atoms. The van der Waals surface area contributed by atoms with Crippen molar-refractivity contribution < 1.29 is 4.79 Å². The van der Waals surface area contributed by atoms with E-state index in [1.807, 2.05) is 12.1 Å². The third-order valence-corrected chi connectivity index (χ3v) is 5.53. The molecule has 1 aromatic heterocycles. The molecule has 0 unspecified atom stereocenters. The number of rotatable bonds is 3. The van der Waals surface area contributed by atoms with Gasteiger partial charge in [0.2, 0.25) is 0 Å². The molecule has 3 aliphatic rings. The molecular weight excluding hydrogens is 262 g/mol. The highest BCUT2D eigenvalue weighted by molar-refractivity contribution is 5.95. The number of carbonyl (C=O) groups excluding carboxylic acids is 1. The molecule has 2 N–H and O–H groups in total. The largest absolute Gasteiger partial charge is 0.338 e. The molecule has 3 fully saturated rings. The fourth-order valence-corrected chi connectivity index (χ4v) is 3.84. The van der Waals surface area contributed by atoms with E-state index in [2.05, 4.69) is 9.88 Å². The van der Waals surface area contributed by atoms with E-state index >= 15 is 0 Å². The first-order valence-electron chi connectivity index (χ1n) is 8.20. The lowest BCUT2D eigenvalue weighted by atomic mass is 9.68. The predicted octanol–water partition coefficient (Wildman–Crippen LogP) is 2.43. The van der Waals surface area contributed by atoms with E-state index in [-0.39, 0.29) is 5.91 Å². The summed E-state index contributed by atoms with van der Waals surface area (Å²) in [5.41, 5.74) is 8.87. The molecule has 1 spiro atoms. The number of hydrogen-bond acceptors (Lipinski definition) is 3. The Morgan fingerprint density at radius 3 is 2.71 bits per heavy atom. The van der Waals surface area contributed by atoms with E-state index in [0.717, 1.165) is 42.9 Å². The van der Waals surface area contributed by atoms with Gasteiger partial charge in [-0.15, -0.1) is 0 Å². The average molecular weight is 285 g/mol. The van der Waals surface area contributed by atoms with Crippen LogP contribution in [-0.2, 0) is 6.54 Å². The van der Waals surface area contributed by atoms with Crippen LogP contribution in [0.1, 0.15) is 66.2 Å². The smallest absolute Gasteiger partial charge is 0.255 e. The minimum absolute atomic E-state index is 0.191. The molecule has 0 radical (unpaired) electrons. The number of likely N-dealkylation sites (tertiary alicyclic amines) is 1. The number of nitrogens with two attached hydrogens (primary N) is 1. The molecule has 0 aromatic carbocycles. The molecule has 2 aliphatic carbocycles. The van der Waals surface area contributed by atoms with Gasteiger partial charge in [0.1, 0.15) is 0 Å². The molecule has 2 saturated carbocycles. The van der Waals surface area contributed by atoms with E-state index in [9.17, 15) is 4.79 Å². The highest BCUT2D eigenvalue weighted by Gasteiger charge is 2.44. The van der Waals surface area contributed by atoms with Crippen molar-refractivity contribution in [3.05, 3.63) is 29.1 Å². The van der Waals surface area contributed by atoms with E-state index in [0.29, 0.717) is 17.9 Å². The van der Waals surface area contributed by atoms with Crippen LogP contribution in [0.25, 0.3) is 0 Å². The predicted molar refractivity (Wildman–Crippen MR) is 80.9 cm³/mol. The van der Waals surface area contributed by atoms with Gasteiger partial charge in [0.25, 0.3) is 5.91 Å². The summed E-state index contributed by atoms with van der Waals surface area (Å²) in [6, 6.07) is 3.87. The van der Waals surface area contributed by atoms with Crippen molar-refractivity contribution in [3.63, 3.8) is 0 Å². The summed E-state index contributed by atoms with van der Waals surface area (Å²) in [4.78, 5) is 19.6.